The Balaban J connectivity index is 1.44. The van der Waals surface area contributed by atoms with Gasteiger partial charge >= 0.3 is 0 Å². The maximum atomic E-state index is 13.5. The van der Waals surface area contributed by atoms with Crippen molar-refractivity contribution in [3.63, 3.8) is 0 Å². The Hall–Kier alpha value is -3.04. The van der Waals surface area contributed by atoms with Gasteiger partial charge in [-0.25, -0.2) is 8.42 Å². The second kappa shape index (κ2) is 9.31. The molecule has 0 N–H and O–H groups in total. The molecule has 2 aromatic carbocycles. The van der Waals surface area contributed by atoms with Crippen LogP contribution in [0.2, 0.25) is 0 Å². The molecule has 1 aliphatic heterocycles. The van der Waals surface area contributed by atoms with Gasteiger partial charge in [0.2, 0.25) is 15.9 Å². The first kappa shape index (κ1) is 24.1. The monoisotopic (exact) mass is 482 g/mol. The standard InChI is InChI=1S/C25H30N4O4S/c1-16-7-6-8-21(13-16)25-26-22(27-33-25)14-23(30)28-9-10-29(20(5)15-28)34(31,32)24-18(3)11-17(2)12-19(24)4/h6-8,11-13,20H,9-10,14-15H2,1-5H3/t20-/m1/s1. The quantitative estimate of drug-likeness (QED) is 0.553. The van der Waals surface area contributed by atoms with E-state index < -0.39 is 10.0 Å². The highest BCUT2D eigenvalue weighted by molar-refractivity contribution is 7.89. The van der Waals surface area contributed by atoms with Gasteiger partial charge in [0.1, 0.15) is 0 Å². The van der Waals surface area contributed by atoms with E-state index in [-0.39, 0.29) is 24.9 Å². The number of aromatic nitrogens is 2. The highest BCUT2D eigenvalue weighted by Gasteiger charge is 2.36. The molecule has 9 heteroatoms. The molecule has 34 heavy (non-hydrogen) atoms. The third kappa shape index (κ3) is 4.76. The van der Waals surface area contributed by atoms with Crippen molar-refractivity contribution < 1.29 is 17.7 Å². The summed E-state index contributed by atoms with van der Waals surface area (Å²) in [5, 5.41) is 3.96. The molecule has 0 radical (unpaired) electrons. The fraction of sp³-hybridized carbons (Fsp3) is 0.400. The average molecular weight is 483 g/mol. The Labute approximate surface area is 200 Å². The Kier molecular flexibility index (Phi) is 6.60. The van der Waals surface area contributed by atoms with E-state index in [9.17, 15) is 13.2 Å². The number of amides is 1. The predicted molar refractivity (Wildman–Crippen MR) is 129 cm³/mol. The van der Waals surface area contributed by atoms with Crippen molar-refractivity contribution >= 4 is 15.9 Å². The van der Waals surface area contributed by atoms with Gasteiger partial charge < -0.3 is 9.42 Å². The number of sulfonamides is 1. The molecule has 1 aromatic heterocycles. The minimum Gasteiger partial charge on any atom is -0.339 e. The van der Waals surface area contributed by atoms with E-state index in [0.717, 1.165) is 27.8 Å². The van der Waals surface area contributed by atoms with Gasteiger partial charge in [-0.1, -0.05) is 40.5 Å². The maximum absolute atomic E-state index is 13.5. The lowest BCUT2D eigenvalue weighted by Crippen LogP contribution is -2.55. The molecule has 180 valence electrons. The van der Waals surface area contributed by atoms with Crippen molar-refractivity contribution in [2.75, 3.05) is 19.6 Å². The zero-order valence-electron chi connectivity index (χ0n) is 20.2. The van der Waals surface area contributed by atoms with E-state index >= 15 is 0 Å². The van der Waals surface area contributed by atoms with Crippen LogP contribution in [0.4, 0.5) is 0 Å². The summed E-state index contributed by atoms with van der Waals surface area (Å²) in [5.41, 5.74) is 4.39. The van der Waals surface area contributed by atoms with Crippen LogP contribution in [0.15, 0.2) is 45.8 Å². The Morgan fingerprint density at radius 3 is 2.41 bits per heavy atom. The summed E-state index contributed by atoms with van der Waals surface area (Å²) in [7, 11) is -3.67. The zero-order valence-corrected chi connectivity index (χ0v) is 21.0. The Bertz CT molecular complexity index is 1310. The third-order valence-corrected chi connectivity index (χ3v) is 8.45. The van der Waals surface area contributed by atoms with Gasteiger partial charge in [0.15, 0.2) is 5.82 Å². The van der Waals surface area contributed by atoms with E-state index in [1.54, 1.807) is 4.90 Å². The van der Waals surface area contributed by atoms with Crippen LogP contribution in [0.5, 0.6) is 0 Å². The molecule has 1 amide bonds. The third-order valence-electron chi connectivity index (χ3n) is 6.13. The number of benzene rings is 2. The van der Waals surface area contributed by atoms with Crippen molar-refractivity contribution in [3.8, 4) is 11.5 Å². The number of carbonyl (C=O) groups is 1. The molecule has 1 atom stereocenters. The van der Waals surface area contributed by atoms with Gasteiger partial charge in [0, 0.05) is 31.2 Å². The van der Waals surface area contributed by atoms with E-state index in [2.05, 4.69) is 10.1 Å². The highest BCUT2D eigenvalue weighted by Crippen LogP contribution is 2.28. The molecule has 0 saturated carbocycles. The van der Waals surface area contributed by atoms with Gasteiger partial charge in [-0.15, -0.1) is 0 Å². The lowest BCUT2D eigenvalue weighted by atomic mass is 10.1. The van der Waals surface area contributed by atoms with Gasteiger partial charge in [-0.2, -0.15) is 9.29 Å². The largest absolute Gasteiger partial charge is 0.339 e. The summed E-state index contributed by atoms with van der Waals surface area (Å²) in [4.78, 5) is 19.3. The Morgan fingerprint density at radius 1 is 1.06 bits per heavy atom. The number of rotatable bonds is 5. The lowest BCUT2D eigenvalue weighted by molar-refractivity contribution is -0.132. The minimum atomic E-state index is -3.67. The van der Waals surface area contributed by atoms with Gasteiger partial charge in [-0.3, -0.25) is 4.79 Å². The molecule has 0 unspecified atom stereocenters. The van der Waals surface area contributed by atoms with Crippen LogP contribution >= 0.6 is 0 Å². The van der Waals surface area contributed by atoms with Gasteiger partial charge in [0.25, 0.3) is 5.89 Å². The smallest absolute Gasteiger partial charge is 0.257 e. The second-order valence-corrected chi connectivity index (χ2v) is 10.9. The van der Waals surface area contributed by atoms with Crippen LogP contribution in [0, 0.1) is 27.7 Å². The molecule has 3 aromatic rings. The molecule has 8 nitrogen and oxygen atoms in total. The van der Waals surface area contributed by atoms with Crippen molar-refractivity contribution in [2.45, 2.75) is 52.0 Å². The molecular formula is C25H30N4O4S. The maximum Gasteiger partial charge on any atom is 0.257 e. The lowest BCUT2D eigenvalue weighted by Gasteiger charge is -2.39. The molecule has 0 bridgehead atoms. The zero-order chi connectivity index (χ0) is 24.6. The van der Waals surface area contributed by atoms with E-state index in [0.29, 0.717) is 29.7 Å². The number of hydrogen-bond donors (Lipinski definition) is 0. The summed E-state index contributed by atoms with van der Waals surface area (Å²) < 4.78 is 33.8. The first-order chi connectivity index (χ1) is 16.1. The molecule has 0 aliphatic carbocycles. The van der Waals surface area contributed by atoms with Crippen LogP contribution in [0.3, 0.4) is 0 Å². The van der Waals surface area contributed by atoms with Crippen LogP contribution in [0.25, 0.3) is 11.5 Å². The summed E-state index contributed by atoms with van der Waals surface area (Å²) in [5.74, 6) is 0.540. The molecule has 1 fully saturated rings. The summed E-state index contributed by atoms with van der Waals surface area (Å²) in [6.45, 7) is 10.3. The topological polar surface area (TPSA) is 96.6 Å². The molecule has 1 saturated heterocycles. The van der Waals surface area contributed by atoms with Crippen LogP contribution in [0.1, 0.15) is 35.0 Å². The normalized spacial score (nSPS) is 17.2. The first-order valence-corrected chi connectivity index (χ1v) is 12.8. The minimum absolute atomic E-state index is 0.00492. The Morgan fingerprint density at radius 2 is 1.76 bits per heavy atom. The average Bonchev–Trinajstić information content (AvgIpc) is 3.21. The van der Waals surface area contributed by atoms with Crippen molar-refractivity contribution in [3.05, 3.63) is 64.5 Å². The summed E-state index contributed by atoms with van der Waals surface area (Å²) in [6.07, 6.45) is 0.00492. The number of hydrogen-bond acceptors (Lipinski definition) is 6. The first-order valence-electron chi connectivity index (χ1n) is 11.3. The summed E-state index contributed by atoms with van der Waals surface area (Å²) in [6, 6.07) is 11.1. The van der Waals surface area contributed by atoms with E-state index in [4.69, 9.17) is 4.52 Å². The molecule has 4 rings (SSSR count). The van der Waals surface area contributed by atoms with Crippen molar-refractivity contribution in [2.24, 2.45) is 0 Å². The number of piperazine rings is 1. The van der Waals surface area contributed by atoms with Crippen LogP contribution in [-0.2, 0) is 21.2 Å². The highest BCUT2D eigenvalue weighted by atomic mass is 32.2. The number of nitrogens with zero attached hydrogens (tertiary/aromatic N) is 4. The fourth-order valence-corrected chi connectivity index (χ4v) is 6.71. The molecule has 0 spiro atoms. The molecule has 2 heterocycles. The van der Waals surface area contributed by atoms with E-state index in [1.807, 2.05) is 71.0 Å². The molecule has 1 aliphatic rings. The summed E-state index contributed by atoms with van der Waals surface area (Å²) >= 11 is 0. The van der Waals surface area contributed by atoms with Crippen LogP contribution in [-0.4, -0.2) is 59.3 Å². The number of carbonyl (C=O) groups excluding carboxylic acids is 1. The van der Waals surface area contributed by atoms with E-state index in [1.165, 1.54) is 4.31 Å². The predicted octanol–water partition coefficient (Wildman–Crippen LogP) is 3.43. The van der Waals surface area contributed by atoms with Gasteiger partial charge in [-0.05, 0) is 57.9 Å². The number of aryl methyl sites for hydroxylation is 4. The fourth-order valence-electron chi connectivity index (χ4n) is 4.68. The van der Waals surface area contributed by atoms with Crippen molar-refractivity contribution in [1.82, 2.24) is 19.3 Å². The van der Waals surface area contributed by atoms with Crippen LogP contribution < -0.4 is 0 Å². The van der Waals surface area contributed by atoms with Crippen molar-refractivity contribution in [1.29, 1.82) is 0 Å². The molecular weight excluding hydrogens is 452 g/mol. The SMILES string of the molecule is Cc1cccc(-c2nc(CC(=O)N3CCN(S(=O)(=O)c4c(C)cc(C)cc4C)[C@H](C)C3)no2)c1. The van der Waals surface area contributed by atoms with Gasteiger partial charge in [0.05, 0.1) is 11.3 Å². The second-order valence-electron chi connectivity index (χ2n) is 9.09.